The van der Waals surface area contributed by atoms with Gasteiger partial charge < -0.3 is 4.74 Å². The van der Waals surface area contributed by atoms with Gasteiger partial charge in [0.2, 0.25) is 10.0 Å². The van der Waals surface area contributed by atoms with Crippen LogP contribution in [0.5, 0.6) is 0 Å². The topological polar surface area (TPSA) is 73.2 Å². The van der Waals surface area contributed by atoms with Crippen molar-refractivity contribution in [2.24, 2.45) is 0 Å². The highest BCUT2D eigenvalue weighted by atomic mass is 32.2. The molecule has 1 aliphatic heterocycles. The van der Waals surface area contributed by atoms with Crippen molar-refractivity contribution in [3.63, 3.8) is 0 Å². The number of fused-ring (bicyclic) bond motifs is 1. The molecule has 0 radical (unpaired) electrons. The number of nitrogens with one attached hydrogen (secondary N) is 1. The lowest BCUT2D eigenvalue weighted by Gasteiger charge is -2.20. The van der Waals surface area contributed by atoms with Crippen molar-refractivity contribution >= 4 is 10.0 Å². The van der Waals surface area contributed by atoms with Crippen molar-refractivity contribution in [2.75, 3.05) is 6.61 Å². The number of rotatable bonds is 5. The fourth-order valence-electron chi connectivity index (χ4n) is 3.88. The molecule has 0 unspecified atom stereocenters. The second-order valence-corrected chi connectivity index (χ2v) is 8.79. The third-order valence-electron chi connectivity index (χ3n) is 5.33. The zero-order valence-electron chi connectivity index (χ0n) is 15.0. The molecule has 1 aromatic heterocycles. The van der Waals surface area contributed by atoms with Crippen LogP contribution in [0.3, 0.4) is 0 Å². The van der Waals surface area contributed by atoms with Crippen molar-refractivity contribution in [1.82, 2.24) is 14.5 Å². The quantitative estimate of drug-likeness (QED) is 0.872. The normalized spacial score (nSPS) is 23.1. The highest BCUT2D eigenvalue weighted by Crippen LogP contribution is 2.31. The Balaban J connectivity index is 1.55. The molecule has 0 amide bonds. The van der Waals surface area contributed by atoms with Crippen molar-refractivity contribution < 1.29 is 13.2 Å². The van der Waals surface area contributed by atoms with E-state index in [0.717, 1.165) is 31.4 Å². The Labute approximate surface area is 154 Å². The van der Waals surface area contributed by atoms with Gasteiger partial charge >= 0.3 is 0 Å². The van der Waals surface area contributed by atoms with E-state index in [9.17, 15) is 8.42 Å². The van der Waals surface area contributed by atoms with E-state index >= 15 is 0 Å². The summed E-state index contributed by atoms with van der Waals surface area (Å²) >= 11 is 0. The number of ether oxygens (including phenoxy) is 1. The summed E-state index contributed by atoms with van der Waals surface area (Å²) in [5.41, 5.74) is 3.37. The third-order valence-corrected chi connectivity index (χ3v) is 6.82. The molecule has 6 nitrogen and oxygen atoms in total. The second kappa shape index (κ2) is 7.13. The van der Waals surface area contributed by atoms with Crippen LogP contribution in [0.4, 0.5) is 0 Å². The molecule has 140 valence electrons. The van der Waals surface area contributed by atoms with E-state index in [1.165, 1.54) is 17.5 Å². The third kappa shape index (κ3) is 3.43. The van der Waals surface area contributed by atoms with Crippen LogP contribution >= 0.6 is 0 Å². The number of hydrogen-bond donors (Lipinski definition) is 1. The van der Waals surface area contributed by atoms with E-state index in [1.54, 1.807) is 12.3 Å². The molecule has 1 N–H and O–H groups in total. The molecule has 2 aliphatic rings. The molecular weight excluding hydrogens is 350 g/mol. The number of nitrogens with zero attached hydrogens (tertiary/aromatic N) is 2. The van der Waals surface area contributed by atoms with E-state index in [0.29, 0.717) is 17.9 Å². The summed E-state index contributed by atoms with van der Waals surface area (Å²) in [5, 5.41) is 4.28. The van der Waals surface area contributed by atoms with Crippen LogP contribution < -0.4 is 4.72 Å². The zero-order valence-corrected chi connectivity index (χ0v) is 15.8. The van der Waals surface area contributed by atoms with Crippen molar-refractivity contribution in [3.8, 4) is 0 Å². The number of benzene rings is 1. The highest BCUT2D eigenvalue weighted by Gasteiger charge is 2.34. The standard InChI is InChI=1S/C19H25N3O3S/c1-2-22-13-16(12-20-22)19-18(9-10-25-19)21-26(23,24)17-8-7-14-5-3-4-6-15(14)11-17/h7-8,11-13,18-19,21H,2-6,9-10H2,1H3/t18-,19+/m0/s1. The Morgan fingerprint density at radius 1 is 1.27 bits per heavy atom. The lowest BCUT2D eigenvalue weighted by molar-refractivity contribution is 0.102. The first-order valence-electron chi connectivity index (χ1n) is 9.35. The Hall–Kier alpha value is -1.70. The monoisotopic (exact) mass is 375 g/mol. The molecule has 1 saturated heterocycles. The van der Waals surface area contributed by atoms with Crippen LogP contribution in [0, 0.1) is 0 Å². The average Bonchev–Trinajstić information content (AvgIpc) is 3.29. The Morgan fingerprint density at radius 2 is 2.08 bits per heavy atom. The van der Waals surface area contributed by atoms with Gasteiger partial charge in [0, 0.05) is 24.9 Å². The van der Waals surface area contributed by atoms with E-state index in [-0.39, 0.29) is 12.1 Å². The van der Waals surface area contributed by atoms with Crippen LogP contribution in [-0.4, -0.2) is 30.8 Å². The summed E-state index contributed by atoms with van der Waals surface area (Å²) in [6.45, 7) is 3.33. The lowest BCUT2D eigenvalue weighted by atomic mass is 9.92. The van der Waals surface area contributed by atoms with E-state index in [2.05, 4.69) is 9.82 Å². The lowest BCUT2D eigenvalue weighted by Crippen LogP contribution is -2.36. The Morgan fingerprint density at radius 3 is 2.85 bits per heavy atom. The van der Waals surface area contributed by atoms with E-state index in [1.807, 2.05) is 29.9 Å². The SMILES string of the molecule is CCn1cc([C@H]2OCC[C@@H]2NS(=O)(=O)c2ccc3c(c2)CCCC3)cn1. The molecule has 26 heavy (non-hydrogen) atoms. The molecular formula is C19H25N3O3S. The molecule has 0 bridgehead atoms. The summed E-state index contributed by atoms with van der Waals surface area (Å²) in [6, 6.07) is 5.27. The van der Waals surface area contributed by atoms with Gasteiger partial charge in [-0.2, -0.15) is 5.10 Å². The van der Waals surface area contributed by atoms with Crippen molar-refractivity contribution in [2.45, 2.75) is 62.6 Å². The molecule has 1 aliphatic carbocycles. The molecule has 1 fully saturated rings. The number of aryl methyl sites for hydroxylation is 3. The summed E-state index contributed by atoms with van der Waals surface area (Å²) in [5.74, 6) is 0. The van der Waals surface area contributed by atoms with E-state index in [4.69, 9.17) is 4.74 Å². The van der Waals surface area contributed by atoms with Gasteiger partial charge in [-0.15, -0.1) is 0 Å². The second-order valence-electron chi connectivity index (χ2n) is 7.07. The summed E-state index contributed by atoms with van der Waals surface area (Å²) in [7, 11) is -3.57. The molecule has 0 saturated carbocycles. The summed E-state index contributed by atoms with van der Waals surface area (Å²) in [6.07, 6.45) is 8.38. The molecule has 7 heteroatoms. The minimum atomic E-state index is -3.57. The summed E-state index contributed by atoms with van der Waals surface area (Å²) in [4.78, 5) is 0.355. The molecule has 4 rings (SSSR count). The minimum Gasteiger partial charge on any atom is -0.372 e. The van der Waals surface area contributed by atoms with Crippen LogP contribution in [0.15, 0.2) is 35.5 Å². The van der Waals surface area contributed by atoms with Crippen LogP contribution in [-0.2, 0) is 34.1 Å². The molecule has 2 heterocycles. The van der Waals surface area contributed by atoms with Crippen LogP contribution in [0.1, 0.15) is 49.0 Å². The maximum Gasteiger partial charge on any atom is 0.240 e. The van der Waals surface area contributed by atoms with Gasteiger partial charge in [0.25, 0.3) is 0 Å². The van der Waals surface area contributed by atoms with Crippen molar-refractivity contribution in [1.29, 1.82) is 0 Å². The number of sulfonamides is 1. The van der Waals surface area contributed by atoms with Gasteiger partial charge in [-0.1, -0.05) is 6.07 Å². The van der Waals surface area contributed by atoms with Gasteiger partial charge in [-0.25, -0.2) is 13.1 Å². The highest BCUT2D eigenvalue weighted by molar-refractivity contribution is 7.89. The van der Waals surface area contributed by atoms with Gasteiger partial charge in [-0.3, -0.25) is 4.68 Å². The number of aromatic nitrogens is 2. The maximum atomic E-state index is 12.9. The first kappa shape index (κ1) is 17.7. The smallest absolute Gasteiger partial charge is 0.240 e. The largest absolute Gasteiger partial charge is 0.372 e. The Kier molecular flexibility index (Phi) is 4.86. The summed E-state index contributed by atoms with van der Waals surface area (Å²) < 4.78 is 36.3. The molecule has 2 atom stereocenters. The first-order valence-corrected chi connectivity index (χ1v) is 10.8. The molecule has 2 aromatic rings. The van der Waals surface area contributed by atoms with Gasteiger partial charge in [0.1, 0.15) is 6.10 Å². The Bertz CT molecular complexity index is 891. The first-order chi connectivity index (χ1) is 12.6. The fourth-order valence-corrected chi connectivity index (χ4v) is 5.20. The maximum absolute atomic E-state index is 12.9. The minimum absolute atomic E-state index is 0.273. The van der Waals surface area contributed by atoms with Gasteiger partial charge in [0.05, 0.1) is 17.1 Å². The number of hydrogen-bond acceptors (Lipinski definition) is 4. The van der Waals surface area contributed by atoms with Gasteiger partial charge in [0.15, 0.2) is 0 Å². The molecule has 1 aromatic carbocycles. The average molecular weight is 375 g/mol. The molecule has 0 spiro atoms. The fraction of sp³-hybridized carbons (Fsp3) is 0.526. The van der Waals surface area contributed by atoms with E-state index < -0.39 is 10.0 Å². The predicted octanol–water partition coefficient (Wildman–Crippen LogP) is 2.59. The zero-order chi connectivity index (χ0) is 18.1. The van der Waals surface area contributed by atoms with Crippen LogP contribution in [0.2, 0.25) is 0 Å². The van der Waals surface area contributed by atoms with Crippen LogP contribution in [0.25, 0.3) is 0 Å². The predicted molar refractivity (Wildman–Crippen MR) is 98.4 cm³/mol. The van der Waals surface area contributed by atoms with Crippen molar-refractivity contribution in [3.05, 3.63) is 47.3 Å². The van der Waals surface area contributed by atoms with Gasteiger partial charge in [-0.05, 0) is 62.3 Å².